The van der Waals surface area contributed by atoms with Gasteiger partial charge in [-0.2, -0.15) is 5.10 Å². The SMILES string of the molecule is O=C(Cc1cnn(-c2ccccc2)c1)NCC1(C(=O)O)CCOCC1. The van der Waals surface area contributed by atoms with Crippen molar-refractivity contribution in [3.05, 3.63) is 48.3 Å². The fourth-order valence-electron chi connectivity index (χ4n) is 2.92. The van der Waals surface area contributed by atoms with Gasteiger partial charge in [-0.15, -0.1) is 0 Å². The van der Waals surface area contributed by atoms with Gasteiger partial charge >= 0.3 is 5.97 Å². The Morgan fingerprint density at radius 2 is 1.96 bits per heavy atom. The number of aliphatic carboxylic acids is 1. The summed E-state index contributed by atoms with van der Waals surface area (Å²) in [6, 6.07) is 9.62. The Labute approximate surface area is 145 Å². The molecular formula is C18H21N3O4. The monoisotopic (exact) mass is 343 g/mol. The third-order valence-corrected chi connectivity index (χ3v) is 4.55. The van der Waals surface area contributed by atoms with Crippen molar-refractivity contribution in [2.45, 2.75) is 19.3 Å². The lowest BCUT2D eigenvalue weighted by atomic mass is 9.80. The number of hydrogen-bond acceptors (Lipinski definition) is 4. The molecule has 1 aromatic heterocycles. The van der Waals surface area contributed by atoms with Gasteiger partial charge in [-0.3, -0.25) is 9.59 Å². The fourth-order valence-corrected chi connectivity index (χ4v) is 2.92. The minimum atomic E-state index is -0.928. The Morgan fingerprint density at radius 3 is 2.64 bits per heavy atom. The van der Waals surface area contributed by atoms with Crippen LogP contribution in [0.3, 0.4) is 0 Å². The van der Waals surface area contributed by atoms with E-state index in [1.807, 2.05) is 30.3 Å². The second-order valence-corrected chi connectivity index (χ2v) is 6.28. The highest BCUT2D eigenvalue weighted by Crippen LogP contribution is 2.30. The van der Waals surface area contributed by atoms with Gasteiger partial charge in [0.1, 0.15) is 0 Å². The van der Waals surface area contributed by atoms with Crippen molar-refractivity contribution in [2.75, 3.05) is 19.8 Å². The lowest BCUT2D eigenvalue weighted by molar-refractivity contribution is -0.154. The number of amides is 1. The van der Waals surface area contributed by atoms with Crippen LogP contribution in [-0.4, -0.2) is 46.5 Å². The first-order valence-corrected chi connectivity index (χ1v) is 8.26. The molecule has 0 aliphatic carbocycles. The number of benzene rings is 1. The zero-order valence-electron chi connectivity index (χ0n) is 13.9. The van der Waals surface area contributed by atoms with Gasteiger partial charge in [-0.1, -0.05) is 18.2 Å². The maximum absolute atomic E-state index is 12.2. The molecule has 0 radical (unpaired) electrons. The van der Waals surface area contributed by atoms with Crippen LogP contribution in [0, 0.1) is 5.41 Å². The Hall–Kier alpha value is -2.67. The summed E-state index contributed by atoms with van der Waals surface area (Å²) in [5.41, 5.74) is 0.765. The first-order chi connectivity index (χ1) is 12.1. The van der Waals surface area contributed by atoms with Gasteiger partial charge in [-0.05, 0) is 30.5 Å². The number of carbonyl (C=O) groups excluding carboxylic acids is 1. The van der Waals surface area contributed by atoms with Gasteiger partial charge in [0, 0.05) is 26.0 Å². The standard InChI is InChI=1S/C18H21N3O4/c22-16(19-13-18(17(23)24)6-8-25-9-7-18)10-14-11-20-21(12-14)15-4-2-1-3-5-15/h1-5,11-12H,6-10,13H2,(H,19,22)(H,23,24). The molecule has 0 spiro atoms. The maximum Gasteiger partial charge on any atom is 0.311 e. The molecule has 2 N–H and O–H groups in total. The summed E-state index contributed by atoms with van der Waals surface area (Å²) in [4.78, 5) is 23.8. The van der Waals surface area contributed by atoms with E-state index in [0.717, 1.165) is 11.3 Å². The van der Waals surface area contributed by atoms with Crippen LogP contribution in [0.25, 0.3) is 5.69 Å². The molecule has 7 nitrogen and oxygen atoms in total. The van der Waals surface area contributed by atoms with Gasteiger partial charge in [-0.25, -0.2) is 4.68 Å². The van der Waals surface area contributed by atoms with E-state index < -0.39 is 11.4 Å². The number of carbonyl (C=O) groups is 2. The van der Waals surface area contributed by atoms with Crippen molar-refractivity contribution in [3.8, 4) is 5.69 Å². The Bertz CT molecular complexity index is 736. The molecule has 1 saturated heterocycles. The molecular weight excluding hydrogens is 322 g/mol. The van der Waals surface area contributed by atoms with E-state index in [1.54, 1.807) is 17.1 Å². The number of ether oxygens (including phenoxy) is 1. The van der Waals surface area contributed by atoms with Crippen LogP contribution < -0.4 is 5.32 Å². The molecule has 0 saturated carbocycles. The molecule has 1 fully saturated rings. The zero-order chi connectivity index (χ0) is 17.7. The predicted octanol–water partition coefficient (Wildman–Crippen LogP) is 1.41. The minimum Gasteiger partial charge on any atom is -0.481 e. The highest BCUT2D eigenvalue weighted by atomic mass is 16.5. The van der Waals surface area contributed by atoms with Crippen LogP contribution >= 0.6 is 0 Å². The quantitative estimate of drug-likeness (QED) is 0.827. The molecule has 3 rings (SSSR count). The third-order valence-electron chi connectivity index (χ3n) is 4.55. The van der Waals surface area contributed by atoms with E-state index >= 15 is 0 Å². The summed E-state index contributed by atoms with van der Waals surface area (Å²) in [6.45, 7) is 0.940. The topological polar surface area (TPSA) is 93.5 Å². The van der Waals surface area contributed by atoms with E-state index in [0.29, 0.717) is 26.1 Å². The molecule has 0 unspecified atom stereocenters. The Balaban J connectivity index is 1.58. The Morgan fingerprint density at radius 1 is 1.24 bits per heavy atom. The van der Waals surface area contributed by atoms with Crippen molar-refractivity contribution in [1.82, 2.24) is 15.1 Å². The molecule has 1 aromatic carbocycles. The summed E-state index contributed by atoms with van der Waals surface area (Å²) >= 11 is 0. The number of nitrogens with one attached hydrogen (secondary N) is 1. The van der Waals surface area contributed by atoms with Crippen LogP contribution in [0.5, 0.6) is 0 Å². The van der Waals surface area contributed by atoms with Gasteiger partial charge in [0.05, 0.1) is 23.7 Å². The number of para-hydroxylation sites is 1. The number of carboxylic acid groups (broad SMARTS) is 1. The van der Waals surface area contributed by atoms with Gasteiger partial charge in [0.25, 0.3) is 0 Å². The maximum atomic E-state index is 12.2. The molecule has 2 aromatic rings. The number of nitrogens with zero attached hydrogens (tertiary/aromatic N) is 2. The van der Waals surface area contributed by atoms with Crippen LogP contribution in [0.2, 0.25) is 0 Å². The molecule has 0 bridgehead atoms. The van der Waals surface area contributed by atoms with Gasteiger partial charge in [0.2, 0.25) is 5.91 Å². The minimum absolute atomic E-state index is 0.122. The summed E-state index contributed by atoms with van der Waals surface area (Å²) < 4.78 is 6.94. The van der Waals surface area contributed by atoms with Crippen molar-refractivity contribution < 1.29 is 19.4 Å². The molecule has 1 aliphatic rings. The molecule has 0 atom stereocenters. The summed E-state index contributed by atoms with van der Waals surface area (Å²) in [5, 5.41) is 16.5. The lowest BCUT2D eigenvalue weighted by Gasteiger charge is -2.33. The molecule has 1 aliphatic heterocycles. The highest BCUT2D eigenvalue weighted by Gasteiger charge is 2.40. The summed E-state index contributed by atoms with van der Waals surface area (Å²) in [5.74, 6) is -1.09. The molecule has 25 heavy (non-hydrogen) atoms. The van der Waals surface area contributed by atoms with E-state index in [2.05, 4.69) is 10.4 Å². The first kappa shape index (κ1) is 17.2. The van der Waals surface area contributed by atoms with Crippen LogP contribution in [0.4, 0.5) is 0 Å². The normalized spacial score (nSPS) is 16.3. The summed E-state index contributed by atoms with van der Waals surface area (Å²) in [7, 11) is 0. The fraction of sp³-hybridized carbons (Fsp3) is 0.389. The van der Waals surface area contributed by atoms with E-state index in [-0.39, 0.29) is 18.9 Å². The molecule has 2 heterocycles. The first-order valence-electron chi connectivity index (χ1n) is 8.26. The van der Waals surface area contributed by atoms with E-state index in [1.165, 1.54) is 0 Å². The lowest BCUT2D eigenvalue weighted by Crippen LogP contribution is -2.46. The van der Waals surface area contributed by atoms with Crippen molar-refractivity contribution in [3.63, 3.8) is 0 Å². The molecule has 7 heteroatoms. The van der Waals surface area contributed by atoms with Crippen LogP contribution in [0.1, 0.15) is 18.4 Å². The Kier molecular flexibility index (Phi) is 5.14. The van der Waals surface area contributed by atoms with Crippen LogP contribution in [0.15, 0.2) is 42.7 Å². The number of carboxylic acids is 1. The second-order valence-electron chi connectivity index (χ2n) is 6.28. The van der Waals surface area contributed by atoms with Gasteiger partial charge < -0.3 is 15.2 Å². The van der Waals surface area contributed by atoms with E-state index in [4.69, 9.17) is 4.74 Å². The predicted molar refractivity (Wildman–Crippen MR) is 90.4 cm³/mol. The average molecular weight is 343 g/mol. The third kappa shape index (κ3) is 4.06. The average Bonchev–Trinajstić information content (AvgIpc) is 3.10. The summed E-state index contributed by atoms with van der Waals surface area (Å²) in [6.07, 6.45) is 4.44. The van der Waals surface area contributed by atoms with Crippen LogP contribution in [-0.2, 0) is 20.7 Å². The van der Waals surface area contributed by atoms with Crippen molar-refractivity contribution in [1.29, 1.82) is 0 Å². The van der Waals surface area contributed by atoms with Crippen molar-refractivity contribution in [2.24, 2.45) is 5.41 Å². The van der Waals surface area contributed by atoms with Crippen molar-refractivity contribution >= 4 is 11.9 Å². The number of hydrogen-bond donors (Lipinski definition) is 2. The highest BCUT2D eigenvalue weighted by molar-refractivity contribution is 5.80. The molecule has 1 amide bonds. The smallest absolute Gasteiger partial charge is 0.311 e. The zero-order valence-corrected chi connectivity index (χ0v) is 13.9. The largest absolute Gasteiger partial charge is 0.481 e. The molecule has 132 valence electrons. The number of rotatable bonds is 6. The van der Waals surface area contributed by atoms with Gasteiger partial charge in [0.15, 0.2) is 0 Å². The second kappa shape index (κ2) is 7.48. The van der Waals surface area contributed by atoms with E-state index in [9.17, 15) is 14.7 Å². The number of aromatic nitrogens is 2.